The Morgan fingerprint density at radius 1 is 1.04 bits per heavy atom. The minimum atomic E-state index is -4.13. The Kier molecular flexibility index (Phi) is 5.44. The molecule has 9 heteroatoms. The van der Waals surface area contributed by atoms with E-state index in [4.69, 9.17) is 32.7 Å². The smallest absolute Gasteiger partial charge is 0.263 e. The number of rotatable bonds is 4. The molecule has 2 aromatic rings. The number of ether oxygens (including phenoxy) is 2. The molecule has 1 aliphatic heterocycles. The second-order valence-corrected chi connectivity index (χ2v) is 9.92. The SMILES string of the molecule is CC1(C)OC(c2ccc(NS(=O)(=O)c3cccc(Cl)c3Cl)c(F)c2)OC1(C)C. The first-order valence-electron chi connectivity index (χ1n) is 8.46. The molecule has 2 aromatic carbocycles. The van der Waals surface area contributed by atoms with Gasteiger partial charge in [0.15, 0.2) is 6.29 Å². The van der Waals surface area contributed by atoms with Gasteiger partial charge in [-0.05, 0) is 52.0 Å². The predicted octanol–water partition coefficient (Wildman–Crippen LogP) is 5.54. The number of halogens is 3. The lowest BCUT2D eigenvalue weighted by atomic mass is 9.90. The molecule has 1 aliphatic rings. The van der Waals surface area contributed by atoms with Crippen molar-refractivity contribution >= 4 is 38.9 Å². The van der Waals surface area contributed by atoms with Crippen molar-refractivity contribution in [1.29, 1.82) is 0 Å². The Morgan fingerprint density at radius 2 is 1.64 bits per heavy atom. The summed E-state index contributed by atoms with van der Waals surface area (Å²) >= 11 is 11.8. The maximum absolute atomic E-state index is 14.6. The number of hydrogen-bond acceptors (Lipinski definition) is 4. The van der Waals surface area contributed by atoms with E-state index in [9.17, 15) is 12.8 Å². The molecule has 3 rings (SSSR count). The second kappa shape index (κ2) is 7.15. The molecule has 152 valence electrons. The van der Waals surface area contributed by atoms with E-state index in [0.717, 1.165) is 0 Å². The summed E-state index contributed by atoms with van der Waals surface area (Å²) in [6, 6.07) is 8.23. The molecule has 0 unspecified atom stereocenters. The van der Waals surface area contributed by atoms with E-state index in [1.54, 1.807) is 6.07 Å². The third-order valence-electron chi connectivity index (χ3n) is 4.97. The molecule has 0 amide bonds. The number of benzene rings is 2. The van der Waals surface area contributed by atoms with Crippen LogP contribution in [0.1, 0.15) is 39.5 Å². The second-order valence-electron chi connectivity index (χ2n) is 7.48. The fourth-order valence-electron chi connectivity index (χ4n) is 2.63. The fourth-order valence-corrected chi connectivity index (χ4v) is 4.46. The maximum Gasteiger partial charge on any atom is 0.263 e. The highest BCUT2D eigenvalue weighted by Crippen LogP contribution is 2.45. The van der Waals surface area contributed by atoms with E-state index in [-0.39, 0.29) is 20.6 Å². The summed E-state index contributed by atoms with van der Waals surface area (Å²) in [5.41, 5.74) is -0.925. The van der Waals surface area contributed by atoms with E-state index in [0.29, 0.717) is 5.56 Å². The molecule has 1 saturated heterocycles. The van der Waals surface area contributed by atoms with Crippen molar-refractivity contribution in [3.63, 3.8) is 0 Å². The molecular formula is C19H20Cl2FNO4S. The number of nitrogens with one attached hydrogen (secondary N) is 1. The Labute approximate surface area is 173 Å². The maximum atomic E-state index is 14.6. The van der Waals surface area contributed by atoms with Crippen molar-refractivity contribution in [3.8, 4) is 0 Å². The van der Waals surface area contributed by atoms with E-state index in [1.807, 2.05) is 27.7 Å². The van der Waals surface area contributed by atoms with Crippen LogP contribution in [-0.2, 0) is 19.5 Å². The summed E-state index contributed by atoms with van der Waals surface area (Å²) in [5.74, 6) is -0.770. The highest BCUT2D eigenvalue weighted by Gasteiger charge is 2.49. The third kappa shape index (κ3) is 3.86. The fraction of sp³-hybridized carbons (Fsp3) is 0.368. The van der Waals surface area contributed by atoms with Crippen LogP contribution < -0.4 is 4.72 Å². The van der Waals surface area contributed by atoms with Gasteiger partial charge in [-0.3, -0.25) is 4.72 Å². The van der Waals surface area contributed by atoms with Crippen LogP contribution in [0.25, 0.3) is 0 Å². The zero-order chi connectivity index (χ0) is 20.9. The van der Waals surface area contributed by atoms with Crippen LogP contribution in [0.15, 0.2) is 41.3 Å². The van der Waals surface area contributed by atoms with E-state index >= 15 is 0 Å². The van der Waals surface area contributed by atoms with Gasteiger partial charge in [-0.15, -0.1) is 0 Å². The molecule has 1 fully saturated rings. The van der Waals surface area contributed by atoms with E-state index in [1.165, 1.54) is 30.3 Å². The quantitative estimate of drug-likeness (QED) is 0.668. The zero-order valence-corrected chi connectivity index (χ0v) is 18.0. The summed E-state index contributed by atoms with van der Waals surface area (Å²) in [6.07, 6.45) is -0.757. The molecule has 0 spiro atoms. The van der Waals surface area contributed by atoms with Gasteiger partial charge in [0.2, 0.25) is 0 Å². The van der Waals surface area contributed by atoms with Crippen molar-refractivity contribution in [2.45, 2.75) is 50.1 Å². The summed E-state index contributed by atoms with van der Waals surface area (Å²) in [6.45, 7) is 7.56. The van der Waals surface area contributed by atoms with Gasteiger partial charge >= 0.3 is 0 Å². The van der Waals surface area contributed by atoms with E-state index < -0.39 is 33.3 Å². The molecule has 5 nitrogen and oxygen atoms in total. The first-order valence-corrected chi connectivity index (χ1v) is 10.7. The molecule has 1 heterocycles. The molecule has 0 aliphatic carbocycles. The van der Waals surface area contributed by atoms with Crippen molar-refractivity contribution in [3.05, 3.63) is 57.8 Å². The Morgan fingerprint density at radius 3 is 2.21 bits per heavy atom. The average molecular weight is 448 g/mol. The number of sulfonamides is 1. The predicted molar refractivity (Wildman–Crippen MR) is 107 cm³/mol. The molecule has 0 bridgehead atoms. The van der Waals surface area contributed by atoms with Crippen molar-refractivity contribution < 1.29 is 22.3 Å². The van der Waals surface area contributed by atoms with Gasteiger partial charge in [0.1, 0.15) is 10.7 Å². The lowest BCUT2D eigenvalue weighted by Crippen LogP contribution is -2.41. The van der Waals surface area contributed by atoms with Crippen LogP contribution in [0, 0.1) is 5.82 Å². The molecule has 1 N–H and O–H groups in total. The topological polar surface area (TPSA) is 64.6 Å². The summed E-state index contributed by atoms with van der Waals surface area (Å²) in [5, 5.41) is -0.0490. The Balaban J connectivity index is 1.87. The van der Waals surface area contributed by atoms with Crippen LogP contribution in [-0.4, -0.2) is 19.6 Å². The molecular weight excluding hydrogens is 428 g/mol. The van der Waals surface area contributed by atoms with E-state index in [2.05, 4.69) is 4.72 Å². The lowest BCUT2D eigenvalue weighted by Gasteiger charge is -2.30. The highest BCUT2D eigenvalue weighted by atomic mass is 35.5. The minimum Gasteiger partial charge on any atom is -0.339 e. The summed E-state index contributed by atoms with van der Waals surface area (Å²) in [4.78, 5) is -0.240. The number of anilines is 1. The van der Waals surface area contributed by atoms with Crippen molar-refractivity contribution in [1.82, 2.24) is 0 Å². The van der Waals surface area contributed by atoms with Crippen LogP contribution in [0.2, 0.25) is 10.0 Å². The van der Waals surface area contributed by atoms with Crippen LogP contribution in [0.5, 0.6) is 0 Å². The normalized spacial score (nSPS) is 19.0. The van der Waals surface area contributed by atoms with Crippen LogP contribution >= 0.6 is 23.2 Å². The lowest BCUT2D eigenvalue weighted by molar-refractivity contribution is -0.0897. The summed E-state index contributed by atoms with van der Waals surface area (Å²) < 4.78 is 53.7. The van der Waals surface area contributed by atoms with Gasteiger partial charge in [0, 0.05) is 5.56 Å². The first kappa shape index (κ1) is 21.3. The van der Waals surface area contributed by atoms with Crippen molar-refractivity contribution in [2.75, 3.05) is 4.72 Å². The molecule has 0 aromatic heterocycles. The molecule has 0 saturated carbocycles. The van der Waals surface area contributed by atoms with Gasteiger partial charge < -0.3 is 9.47 Å². The average Bonchev–Trinajstić information content (AvgIpc) is 2.79. The van der Waals surface area contributed by atoms with Crippen LogP contribution in [0.3, 0.4) is 0 Å². The molecule has 0 atom stereocenters. The van der Waals surface area contributed by atoms with Gasteiger partial charge in [-0.2, -0.15) is 0 Å². The Bertz CT molecular complexity index is 1010. The minimum absolute atomic E-state index is 0.0844. The van der Waals surface area contributed by atoms with Crippen LogP contribution in [0.4, 0.5) is 10.1 Å². The van der Waals surface area contributed by atoms with Crippen molar-refractivity contribution in [2.24, 2.45) is 0 Å². The number of hydrogen-bond donors (Lipinski definition) is 1. The van der Waals surface area contributed by atoms with Gasteiger partial charge in [0.05, 0.1) is 26.9 Å². The molecule has 0 radical (unpaired) electrons. The standard InChI is InChI=1S/C19H20Cl2FNO4S/c1-18(2)19(3,4)27-17(26-18)11-8-9-14(13(22)10-11)23-28(24,25)15-7-5-6-12(20)16(15)21/h5-10,17,23H,1-4H3. The van der Waals surface area contributed by atoms with Gasteiger partial charge in [-0.25, -0.2) is 12.8 Å². The van der Waals surface area contributed by atoms with Gasteiger partial charge in [-0.1, -0.05) is 35.3 Å². The molecule has 28 heavy (non-hydrogen) atoms. The third-order valence-corrected chi connectivity index (χ3v) is 7.31. The summed E-state index contributed by atoms with van der Waals surface area (Å²) in [7, 11) is -4.13. The van der Waals surface area contributed by atoms with Gasteiger partial charge in [0.25, 0.3) is 10.0 Å². The zero-order valence-electron chi connectivity index (χ0n) is 15.7. The largest absolute Gasteiger partial charge is 0.339 e. The highest BCUT2D eigenvalue weighted by molar-refractivity contribution is 7.92. The Hall–Kier alpha value is -1.38. The monoisotopic (exact) mass is 447 g/mol. The first-order chi connectivity index (χ1) is 12.8.